The molecular formula is C8H6BF5O4. The molecule has 100 valence electrons. The first-order chi connectivity index (χ1) is 8.20. The third-order valence-electron chi connectivity index (χ3n) is 1.72. The van der Waals surface area contributed by atoms with Crippen LogP contribution >= 0.6 is 0 Å². The molecule has 0 fully saturated rings. The van der Waals surface area contributed by atoms with Crippen molar-refractivity contribution in [3.63, 3.8) is 0 Å². The number of halogens is 5. The van der Waals surface area contributed by atoms with Gasteiger partial charge < -0.3 is 19.5 Å². The van der Waals surface area contributed by atoms with E-state index in [1.807, 2.05) is 0 Å². The maximum absolute atomic E-state index is 12.1. The highest BCUT2D eigenvalue weighted by Gasteiger charge is 2.35. The quantitative estimate of drug-likeness (QED) is 0.630. The lowest BCUT2D eigenvalue weighted by Gasteiger charge is -2.16. The summed E-state index contributed by atoms with van der Waals surface area (Å²) in [7, 11) is -2.33. The van der Waals surface area contributed by atoms with Crippen molar-refractivity contribution in [1.29, 1.82) is 0 Å². The van der Waals surface area contributed by atoms with Gasteiger partial charge in [-0.3, -0.25) is 0 Å². The highest BCUT2D eigenvalue weighted by atomic mass is 19.4. The maximum atomic E-state index is 12.1. The Morgan fingerprint density at radius 1 is 1.17 bits per heavy atom. The standard InChI is InChI=1S/C8H6BF5O4/c10-7(11)17-5-3-1-2-4(9(15)16)6(5)18-8(12,13)14/h1-3,7,15-16H. The van der Waals surface area contributed by atoms with Crippen LogP contribution < -0.4 is 14.9 Å². The van der Waals surface area contributed by atoms with Gasteiger partial charge in [0.2, 0.25) is 0 Å². The molecule has 0 heterocycles. The third kappa shape index (κ3) is 4.04. The number of hydrogen-bond acceptors (Lipinski definition) is 4. The van der Waals surface area contributed by atoms with Crippen molar-refractivity contribution >= 4 is 12.6 Å². The first-order valence-corrected chi connectivity index (χ1v) is 4.40. The number of rotatable bonds is 4. The molecular weight excluding hydrogens is 266 g/mol. The molecule has 18 heavy (non-hydrogen) atoms. The predicted molar refractivity (Wildman–Crippen MR) is 49.6 cm³/mol. The van der Waals surface area contributed by atoms with Crippen molar-refractivity contribution in [2.75, 3.05) is 0 Å². The second kappa shape index (κ2) is 5.40. The van der Waals surface area contributed by atoms with Gasteiger partial charge in [-0.2, -0.15) is 8.78 Å². The fourth-order valence-electron chi connectivity index (χ4n) is 1.15. The Balaban J connectivity index is 3.21. The maximum Gasteiger partial charge on any atom is 0.573 e. The van der Waals surface area contributed by atoms with E-state index in [4.69, 9.17) is 10.0 Å². The molecule has 2 N–H and O–H groups in total. The van der Waals surface area contributed by atoms with Crippen LogP contribution in [0.5, 0.6) is 11.5 Å². The lowest BCUT2D eigenvalue weighted by Crippen LogP contribution is -2.34. The van der Waals surface area contributed by atoms with Crippen LogP contribution in [0.15, 0.2) is 18.2 Å². The Labute approximate surface area is 97.7 Å². The van der Waals surface area contributed by atoms with E-state index in [0.29, 0.717) is 0 Å². The number of para-hydroxylation sites is 1. The van der Waals surface area contributed by atoms with E-state index >= 15 is 0 Å². The summed E-state index contributed by atoms with van der Waals surface area (Å²) in [6, 6.07) is 2.65. The molecule has 1 aromatic carbocycles. The lowest BCUT2D eigenvalue weighted by molar-refractivity contribution is -0.275. The summed E-state index contributed by atoms with van der Waals surface area (Å²) in [5, 5.41) is 17.7. The second-order valence-electron chi connectivity index (χ2n) is 2.97. The molecule has 0 amide bonds. The van der Waals surface area contributed by atoms with Gasteiger partial charge in [-0.05, 0) is 6.07 Å². The van der Waals surface area contributed by atoms with Crippen LogP contribution in [0.4, 0.5) is 22.0 Å². The summed E-state index contributed by atoms with van der Waals surface area (Å²) < 4.78 is 67.4. The van der Waals surface area contributed by atoms with Gasteiger partial charge >= 0.3 is 20.1 Å². The molecule has 0 saturated heterocycles. The summed E-state index contributed by atoms with van der Waals surface area (Å²) in [5.41, 5.74) is -0.745. The summed E-state index contributed by atoms with van der Waals surface area (Å²) >= 11 is 0. The molecule has 0 radical (unpaired) electrons. The molecule has 10 heteroatoms. The van der Waals surface area contributed by atoms with E-state index in [0.717, 1.165) is 18.2 Å². The average molecular weight is 272 g/mol. The Morgan fingerprint density at radius 2 is 1.78 bits per heavy atom. The summed E-state index contributed by atoms with van der Waals surface area (Å²) in [6.07, 6.45) is -5.19. The lowest BCUT2D eigenvalue weighted by atomic mass is 9.79. The monoisotopic (exact) mass is 272 g/mol. The second-order valence-corrected chi connectivity index (χ2v) is 2.97. The number of ether oxygens (including phenoxy) is 2. The zero-order valence-corrected chi connectivity index (χ0v) is 8.49. The van der Waals surface area contributed by atoms with Crippen LogP contribution in [0.25, 0.3) is 0 Å². The smallest absolute Gasteiger partial charge is 0.431 e. The molecule has 0 aliphatic carbocycles. The van der Waals surface area contributed by atoms with Gasteiger partial charge in [-0.15, -0.1) is 13.2 Å². The fourth-order valence-corrected chi connectivity index (χ4v) is 1.15. The molecule has 0 atom stereocenters. The van der Waals surface area contributed by atoms with Crippen molar-refractivity contribution < 1.29 is 41.5 Å². The van der Waals surface area contributed by atoms with Crippen molar-refractivity contribution in [1.82, 2.24) is 0 Å². The summed E-state index contributed by atoms with van der Waals surface area (Å²) in [5.74, 6) is -2.17. The highest BCUT2D eigenvalue weighted by molar-refractivity contribution is 6.59. The minimum Gasteiger partial charge on any atom is -0.431 e. The fraction of sp³-hybridized carbons (Fsp3) is 0.250. The van der Waals surface area contributed by atoms with Gasteiger partial charge in [0.15, 0.2) is 11.5 Å². The van der Waals surface area contributed by atoms with Crippen molar-refractivity contribution in [3.05, 3.63) is 18.2 Å². The third-order valence-corrected chi connectivity index (χ3v) is 1.72. The molecule has 0 spiro atoms. The van der Waals surface area contributed by atoms with Crippen molar-refractivity contribution in [3.8, 4) is 11.5 Å². The topological polar surface area (TPSA) is 58.9 Å². The molecule has 0 unspecified atom stereocenters. The van der Waals surface area contributed by atoms with Crippen LogP contribution in [0.2, 0.25) is 0 Å². The van der Waals surface area contributed by atoms with Crippen molar-refractivity contribution in [2.45, 2.75) is 13.0 Å². The van der Waals surface area contributed by atoms with E-state index < -0.39 is 37.1 Å². The van der Waals surface area contributed by atoms with Gasteiger partial charge in [0.05, 0.1) is 0 Å². The van der Waals surface area contributed by atoms with Crippen LogP contribution in [-0.2, 0) is 0 Å². The predicted octanol–water partition coefficient (Wildman–Crippen LogP) is 0.866. The van der Waals surface area contributed by atoms with E-state index in [9.17, 15) is 22.0 Å². The summed E-state index contributed by atoms with van der Waals surface area (Å²) in [6.45, 7) is -3.38. The van der Waals surface area contributed by atoms with E-state index in [-0.39, 0.29) is 0 Å². The van der Waals surface area contributed by atoms with Crippen LogP contribution in [0.3, 0.4) is 0 Å². The zero-order chi connectivity index (χ0) is 13.9. The Bertz CT molecular complexity index is 409. The SMILES string of the molecule is OB(O)c1cccc(OC(F)F)c1OC(F)(F)F. The average Bonchev–Trinajstić information content (AvgIpc) is 2.17. The minimum atomic E-state index is -5.19. The first-order valence-electron chi connectivity index (χ1n) is 4.40. The highest BCUT2D eigenvalue weighted by Crippen LogP contribution is 2.31. The largest absolute Gasteiger partial charge is 0.573 e. The van der Waals surface area contributed by atoms with Gasteiger partial charge in [-0.1, -0.05) is 12.1 Å². The molecule has 0 aliphatic rings. The Hall–Kier alpha value is -1.55. The molecule has 1 rings (SSSR count). The molecule has 4 nitrogen and oxygen atoms in total. The Morgan fingerprint density at radius 3 is 2.22 bits per heavy atom. The van der Waals surface area contributed by atoms with Crippen LogP contribution in [0, 0.1) is 0 Å². The normalized spacial score (nSPS) is 11.6. The molecule has 1 aromatic rings. The van der Waals surface area contributed by atoms with Gasteiger partial charge in [0.25, 0.3) is 0 Å². The molecule has 0 aliphatic heterocycles. The minimum absolute atomic E-state index is 0.745. The van der Waals surface area contributed by atoms with Gasteiger partial charge in [-0.25, -0.2) is 0 Å². The molecule has 0 bridgehead atoms. The van der Waals surface area contributed by atoms with Crippen molar-refractivity contribution in [2.24, 2.45) is 0 Å². The number of alkyl halides is 5. The summed E-state index contributed by atoms with van der Waals surface area (Å²) in [4.78, 5) is 0. The van der Waals surface area contributed by atoms with Gasteiger partial charge in [0.1, 0.15) is 0 Å². The number of hydrogen-bond donors (Lipinski definition) is 2. The van der Waals surface area contributed by atoms with E-state index in [1.54, 1.807) is 0 Å². The zero-order valence-electron chi connectivity index (χ0n) is 8.49. The number of benzene rings is 1. The van der Waals surface area contributed by atoms with Crippen LogP contribution in [-0.4, -0.2) is 30.1 Å². The van der Waals surface area contributed by atoms with E-state index in [1.165, 1.54) is 0 Å². The van der Waals surface area contributed by atoms with E-state index in [2.05, 4.69) is 9.47 Å². The van der Waals surface area contributed by atoms with Crippen LogP contribution in [0.1, 0.15) is 0 Å². The van der Waals surface area contributed by atoms with Gasteiger partial charge in [0, 0.05) is 5.46 Å². The molecule has 0 saturated carbocycles. The molecule has 0 aromatic heterocycles. The first kappa shape index (κ1) is 14.5. The Kier molecular flexibility index (Phi) is 4.35.